The molecule has 0 spiro atoms. The van der Waals surface area contributed by atoms with Crippen molar-refractivity contribution >= 4 is 0 Å². The third-order valence-electron chi connectivity index (χ3n) is 2.28. The normalized spacial score (nSPS) is 20.0. The molecule has 1 fully saturated rings. The molecular formula is C10H22N2. The summed E-state index contributed by atoms with van der Waals surface area (Å²) in [6.45, 7) is 8.93. The van der Waals surface area contributed by atoms with Crippen molar-refractivity contribution < 1.29 is 0 Å². The smallest absolute Gasteiger partial charge is 0.0164 e. The Bertz CT molecular complexity index is 113. The maximum absolute atomic E-state index is 3.54. The molecule has 0 aliphatic heterocycles. The monoisotopic (exact) mass is 170 g/mol. The second-order valence-electron chi connectivity index (χ2n) is 4.32. The molecule has 2 heteroatoms. The SMILES string of the molecule is CC(C)NCC(C)NCC1CC1. The zero-order valence-corrected chi connectivity index (χ0v) is 8.56. The van der Waals surface area contributed by atoms with Crippen LogP contribution >= 0.6 is 0 Å². The molecule has 1 aliphatic rings. The molecule has 0 aromatic heterocycles. The molecule has 0 saturated heterocycles. The van der Waals surface area contributed by atoms with Crippen LogP contribution in [-0.4, -0.2) is 25.2 Å². The fourth-order valence-electron chi connectivity index (χ4n) is 1.17. The van der Waals surface area contributed by atoms with Crippen molar-refractivity contribution in [1.82, 2.24) is 10.6 Å². The van der Waals surface area contributed by atoms with E-state index in [0.717, 1.165) is 12.5 Å². The van der Waals surface area contributed by atoms with Crippen molar-refractivity contribution in [1.29, 1.82) is 0 Å². The number of hydrogen-bond acceptors (Lipinski definition) is 2. The van der Waals surface area contributed by atoms with Gasteiger partial charge < -0.3 is 10.6 Å². The Morgan fingerprint density at radius 2 is 1.83 bits per heavy atom. The van der Waals surface area contributed by atoms with Crippen molar-refractivity contribution in [3.05, 3.63) is 0 Å². The highest BCUT2D eigenvalue weighted by Crippen LogP contribution is 2.27. The van der Waals surface area contributed by atoms with Gasteiger partial charge in [-0.25, -0.2) is 0 Å². The summed E-state index contributed by atoms with van der Waals surface area (Å²) in [7, 11) is 0. The zero-order chi connectivity index (χ0) is 8.97. The van der Waals surface area contributed by atoms with Crippen LogP contribution in [0.3, 0.4) is 0 Å². The van der Waals surface area contributed by atoms with Crippen LogP contribution in [0.5, 0.6) is 0 Å². The summed E-state index contributed by atoms with van der Waals surface area (Å²) in [4.78, 5) is 0. The topological polar surface area (TPSA) is 24.1 Å². The number of hydrogen-bond donors (Lipinski definition) is 2. The fourth-order valence-corrected chi connectivity index (χ4v) is 1.17. The molecule has 0 aromatic carbocycles. The molecule has 1 aliphatic carbocycles. The predicted octanol–water partition coefficient (Wildman–Crippen LogP) is 1.37. The van der Waals surface area contributed by atoms with Gasteiger partial charge in [0, 0.05) is 18.6 Å². The minimum Gasteiger partial charge on any atom is -0.313 e. The van der Waals surface area contributed by atoms with Crippen LogP contribution in [0.4, 0.5) is 0 Å². The van der Waals surface area contributed by atoms with Gasteiger partial charge in [-0.15, -0.1) is 0 Å². The van der Waals surface area contributed by atoms with Gasteiger partial charge in [0.25, 0.3) is 0 Å². The Balaban J connectivity index is 1.91. The van der Waals surface area contributed by atoms with Gasteiger partial charge in [-0.1, -0.05) is 13.8 Å². The maximum atomic E-state index is 3.54. The molecule has 1 saturated carbocycles. The van der Waals surface area contributed by atoms with Crippen LogP contribution < -0.4 is 10.6 Å². The molecule has 12 heavy (non-hydrogen) atoms. The van der Waals surface area contributed by atoms with Gasteiger partial charge in [0.1, 0.15) is 0 Å². The van der Waals surface area contributed by atoms with E-state index in [1.165, 1.54) is 19.4 Å². The van der Waals surface area contributed by atoms with Crippen molar-refractivity contribution in [3.63, 3.8) is 0 Å². The molecule has 1 unspecified atom stereocenters. The van der Waals surface area contributed by atoms with Gasteiger partial charge in [-0.3, -0.25) is 0 Å². The fraction of sp³-hybridized carbons (Fsp3) is 1.00. The van der Waals surface area contributed by atoms with Gasteiger partial charge in [-0.2, -0.15) is 0 Å². The van der Waals surface area contributed by atoms with Crippen molar-refractivity contribution in [2.45, 2.75) is 45.7 Å². The Morgan fingerprint density at radius 1 is 1.17 bits per heavy atom. The average molecular weight is 170 g/mol. The first-order chi connectivity index (χ1) is 5.68. The molecule has 2 nitrogen and oxygen atoms in total. The summed E-state index contributed by atoms with van der Waals surface area (Å²) in [5.74, 6) is 0.992. The Kier molecular flexibility index (Phi) is 4.02. The lowest BCUT2D eigenvalue weighted by molar-refractivity contribution is 0.466. The van der Waals surface area contributed by atoms with Gasteiger partial charge in [-0.05, 0) is 32.2 Å². The number of nitrogens with one attached hydrogen (secondary N) is 2. The van der Waals surface area contributed by atoms with Crippen LogP contribution in [0, 0.1) is 5.92 Å². The number of rotatable bonds is 6. The third-order valence-corrected chi connectivity index (χ3v) is 2.28. The first-order valence-electron chi connectivity index (χ1n) is 5.15. The summed E-state index contributed by atoms with van der Waals surface area (Å²) < 4.78 is 0. The van der Waals surface area contributed by atoms with Crippen molar-refractivity contribution in [3.8, 4) is 0 Å². The van der Waals surface area contributed by atoms with Crippen LogP contribution in [0.2, 0.25) is 0 Å². The average Bonchev–Trinajstić information content (AvgIpc) is 2.80. The summed E-state index contributed by atoms with van der Waals surface area (Å²) in [5.41, 5.74) is 0. The van der Waals surface area contributed by atoms with E-state index >= 15 is 0 Å². The molecule has 0 amide bonds. The summed E-state index contributed by atoms with van der Waals surface area (Å²) in [6.07, 6.45) is 2.88. The quantitative estimate of drug-likeness (QED) is 0.629. The predicted molar refractivity (Wildman–Crippen MR) is 53.3 cm³/mol. The molecule has 72 valence electrons. The largest absolute Gasteiger partial charge is 0.313 e. The van der Waals surface area contributed by atoms with E-state index in [1.807, 2.05) is 0 Å². The van der Waals surface area contributed by atoms with E-state index in [-0.39, 0.29) is 0 Å². The zero-order valence-electron chi connectivity index (χ0n) is 8.56. The highest BCUT2D eigenvalue weighted by atomic mass is 15.0. The van der Waals surface area contributed by atoms with Crippen LogP contribution in [0.1, 0.15) is 33.6 Å². The van der Waals surface area contributed by atoms with E-state index in [4.69, 9.17) is 0 Å². The Morgan fingerprint density at radius 3 is 2.33 bits per heavy atom. The third kappa shape index (κ3) is 4.73. The highest BCUT2D eigenvalue weighted by molar-refractivity contribution is 4.77. The molecule has 0 radical (unpaired) electrons. The summed E-state index contributed by atoms with van der Waals surface area (Å²) in [6, 6.07) is 1.23. The molecule has 2 N–H and O–H groups in total. The Hall–Kier alpha value is -0.0800. The first-order valence-corrected chi connectivity index (χ1v) is 5.15. The van der Waals surface area contributed by atoms with E-state index in [1.54, 1.807) is 0 Å². The highest BCUT2D eigenvalue weighted by Gasteiger charge is 2.21. The van der Waals surface area contributed by atoms with Gasteiger partial charge in [0.05, 0.1) is 0 Å². The lowest BCUT2D eigenvalue weighted by atomic mass is 10.3. The van der Waals surface area contributed by atoms with E-state index in [9.17, 15) is 0 Å². The maximum Gasteiger partial charge on any atom is 0.0164 e. The minimum absolute atomic E-state index is 0.607. The summed E-state index contributed by atoms with van der Waals surface area (Å²) in [5, 5.41) is 6.96. The van der Waals surface area contributed by atoms with E-state index < -0.39 is 0 Å². The van der Waals surface area contributed by atoms with Gasteiger partial charge >= 0.3 is 0 Å². The second kappa shape index (κ2) is 4.83. The molecule has 1 rings (SSSR count). The molecule has 0 bridgehead atoms. The van der Waals surface area contributed by atoms with Crippen LogP contribution in [0.25, 0.3) is 0 Å². The lowest BCUT2D eigenvalue weighted by Crippen LogP contribution is -2.39. The molecule has 0 heterocycles. The van der Waals surface area contributed by atoms with Crippen molar-refractivity contribution in [2.24, 2.45) is 5.92 Å². The van der Waals surface area contributed by atoms with Crippen LogP contribution in [0.15, 0.2) is 0 Å². The molecule has 0 aromatic rings. The molecular weight excluding hydrogens is 148 g/mol. The van der Waals surface area contributed by atoms with Gasteiger partial charge in [0.2, 0.25) is 0 Å². The van der Waals surface area contributed by atoms with E-state index in [0.29, 0.717) is 12.1 Å². The summed E-state index contributed by atoms with van der Waals surface area (Å²) >= 11 is 0. The Labute approximate surface area is 76.1 Å². The molecule has 1 atom stereocenters. The minimum atomic E-state index is 0.607. The standard InChI is InChI=1S/C10H22N2/c1-8(2)11-6-9(3)12-7-10-4-5-10/h8-12H,4-7H2,1-3H3. The first kappa shape index (κ1) is 10.0. The second-order valence-corrected chi connectivity index (χ2v) is 4.32. The van der Waals surface area contributed by atoms with Crippen molar-refractivity contribution in [2.75, 3.05) is 13.1 Å². The van der Waals surface area contributed by atoms with E-state index in [2.05, 4.69) is 31.4 Å². The lowest BCUT2D eigenvalue weighted by Gasteiger charge is -2.16. The van der Waals surface area contributed by atoms with Crippen LogP contribution in [-0.2, 0) is 0 Å². The van der Waals surface area contributed by atoms with Gasteiger partial charge in [0.15, 0.2) is 0 Å².